The summed E-state index contributed by atoms with van der Waals surface area (Å²) in [6, 6.07) is 0.128. The van der Waals surface area contributed by atoms with Gasteiger partial charge >= 0.3 is 0 Å². The van der Waals surface area contributed by atoms with E-state index < -0.39 is 5.54 Å². The van der Waals surface area contributed by atoms with E-state index in [9.17, 15) is 9.59 Å². The number of rotatable bonds is 4. The van der Waals surface area contributed by atoms with Crippen LogP contribution in [0.4, 0.5) is 0 Å². The van der Waals surface area contributed by atoms with Crippen molar-refractivity contribution in [3.8, 4) is 0 Å². The molecule has 1 rings (SSSR count). The van der Waals surface area contributed by atoms with Crippen molar-refractivity contribution in [2.45, 2.75) is 59.0 Å². The van der Waals surface area contributed by atoms with E-state index >= 15 is 0 Å². The van der Waals surface area contributed by atoms with E-state index in [4.69, 9.17) is 0 Å². The summed E-state index contributed by atoms with van der Waals surface area (Å²) in [7, 11) is 0. The van der Waals surface area contributed by atoms with E-state index in [0.29, 0.717) is 5.92 Å². The van der Waals surface area contributed by atoms with Crippen LogP contribution in [0, 0.1) is 5.92 Å². The van der Waals surface area contributed by atoms with Gasteiger partial charge in [-0.3, -0.25) is 9.59 Å². The van der Waals surface area contributed by atoms with Crippen LogP contribution in [0.25, 0.3) is 0 Å². The van der Waals surface area contributed by atoms with E-state index in [1.807, 2.05) is 6.92 Å². The second-order valence-corrected chi connectivity index (χ2v) is 5.70. The van der Waals surface area contributed by atoms with Crippen LogP contribution in [-0.4, -0.2) is 34.8 Å². The molecule has 2 amide bonds. The Hall–Kier alpha value is -1.06. The summed E-state index contributed by atoms with van der Waals surface area (Å²) >= 11 is 0. The Kier molecular flexibility index (Phi) is 4.17. The van der Waals surface area contributed by atoms with Crippen LogP contribution in [0.3, 0.4) is 0 Å². The van der Waals surface area contributed by atoms with Gasteiger partial charge in [0.1, 0.15) is 5.54 Å². The molecule has 0 saturated carbocycles. The topological polar surface area (TPSA) is 49.4 Å². The number of carbonyl (C=O) groups excluding carboxylic acids is 2. The molecule has 1 aliphatic heterocycles. The lowest BCUT2D eigenvalue weighted by atomic mass is 9.95. The fraction of sp³-hybridized carbons (Fsp3) is 0.846. The van der Waals surface area contributed by atoms with E-state index in [-0.39, 0.29) is 24.4 Å². The molecule has 0 aromatic carbocycles. The number of hydrogen-bond acceptors (Lipinski definition) is 2. The highest BCUT2D eigenvalue weighted by Crippen LogP contribution is 2.20. The van der Waals surface area contributed by atoms with Crippen molar-refractivity contribution in [2.24, 2.45) is 5.92 Å². The molecule has 4 nitrogen and oxygen atoms in total. The molecular formula is C13H24N2O2. The smallest absolute Gasteiger partial charge is 0.248 e. The van der Waals surface area contributed by atoms with Crippen LogP contribution in [0.15, 0.2) is 0 Å². The number of amides is 2. The second kappa shape index (κ2) is 5.07. The highest BCUT2D eigenvalue weighted by molar-refractivity contribution is 5.97. The summed E-state index contributed by atoms with van der Waals surface area (Å²) < 4.78 is 0. The molecule has 1 fully saturated rings. The van der Waals surface area contributed by atoms with Crippen LogP contribution < -0.4 is 5.32 Å². The second-order valence-electron chi connectivity index (χ2n) is 5.70. The molecule has 0 aliphatic carbocycles. The average molecular weight is 240 g/mol. The van der Waals surface area contributed by atoms with Crippen molar-refractivity contribution in [2.75, 3.05) is 6.54 Å². The summed E-state index contributed by atoms with van der Waals surface area (Å²) in [5, 5.41) is 2.73. The van der Waals surface area contributed by atoms with Crippen LogP contribution in [-0.2, 0) is 9.59 Å². The van der Waals surface area contributed by atoms with Gasteiger partial charge in [-0.2, -0.15) is 0 Å². The molecule has 0 aromatic rings. The van der Waals surface area contributed by atoms with Gasteiger partial charge in [0.05, 0.1) is 6.54 Å². The van der Waals surface area contributed by atoms with Gasteiger partial charge < -0.3 is 10.2 Å². The minimum atomic E-state index is -0.765. The molecule has 0 spiro atoms. The van der Waals surface area contributed by atoms with Crippen LogP contribution in [0.2, 0.25) is 0 Å². The molecule has 17 heavy (non-hydrogen) atoms. The molecule has 98 valence electrons. The Morgan fingerprint density at radius 1 is 1.35 bits per heavy atom. The molecular weight excluding hydrogens is 216 g/mol. The number of hydrogen-bond donors (Lipinski definition) is 1. The lowest BCUT2D eigenvalue weighted by molar-refractivity contribution is -0.150. The Bertz CT molecular complexity index is 313. The molecule has 4 heteroatoms. The fourth-order valence-corrected chi connectivity index (χ4v) is 2.26. The van der Waals surface area contributed by atoms with Gasteiger partial charge in [-0.25, -0.2) is 0 Å². The Labute approximate surface area is 104 Å². The summed E-state index contributed by atoms with van der Waals surface area (Å²) in [5.41, 5.74) is -0.765. The number of nitrogens with one attached hydrogen (secondary N) is 1. The fourth-order valence-electron chi connectivity index (χ4n) is 2.26. The monoisotopic (exact) mass is 240 g/mol. The van der Waals surface area contributed by atoms with Crippen LogP contribution >= 0.6 is 0 Å². The molecule has 0 bridgehead atoms. The van der Waals surface area contributed by atoms with Gasteiger partial charge in [0.25, 0.3) is 0 Å². The van der Waals surface area contributed by atoms with Crippen LogP contribution in [0.5, 0.6) is 0 Å². The maximum absolute atomic E-state index is 12.2. The zero-order chi connectivity index (χ0) is 13.2. The third-order valence-electron chi connectivity index (χ3n) is 3.53. The lowest BCUT2D eigenvalue weighted by Crippen LogP contribution is -2.65. The van der Waals surface area contributed by atoms with Crippen molar-refractivity contribution >= 4 is 11.8 Å². The van der Waals surface area contributed by atoms with E-state index in [0.717, 1.165) is 12.8 Å². The van der Waals surface area contributed by atoms with Crippen LogP contribution in [0.1, 0.15) is 47.5 Å². The Balaban J connectivity index is 2.75. The highest BCUT2D eigenvalue weighted by Gasteiger charge is 2.40. The standard InChI is InChI=1S/C13H24N2O2/c1-6-9(2)7-10(3)15-8-11(16)14-13(4,5)12(15)17/h9-10H,6-8H2,1-5H3,(H,14,16). The van der Waals surface area contributed by atoms with Gasteiger partial charge in [-0.05, 0) is 33.1 Å². The van der Waals surface area contributed by atoms with Crippen molar-refractivity contribution in [3.05, 3.63) is 0 Å². The van der Waals surface area contributed by atoms with Gasteiger partial charge in [0.15, 0.2) is 0 Å². The van der Waals surface area contributed by atoms with Crippen molar-refractivity contribution in [1.29, 1.82) is 0 Å². The summed E-state index contributed by atoms with van der Waals surface area (Å²) in [4.78, 5) is 25.5. The largest absolute Gasteiger partial charge is 0.341 e. The third-order valence-corrected chi connectivity index (χ3v) is 3.53. The van der Waals surface area contributed by atoms with E-state index in [1.165, 1.54) is 0 Å². The Morgan fingerprint density at radius 2 is 1.94 bits per heavy atom. The van der Waals surface area contributed by atoms with Crippen molar-refractivity contribution in [3.63, 3.8) is 0 Å². The lowest BCUT2D eigenvalue weighted by Gasteiger charge is -2.41. The highest BCUT2D eigenvalue weighted by atomic mass is 16.2. The maximum atomic E-state index is 12.2. The third kappa shape index (κ3) is 3.20. The van der Waals surface area contributed by atoms with Crippen molar-refractivity contribution < 1.29 is 9.59 Å². The number of nitrogens with zero attached hydrogens (tertiary/aromatic N) is 1. The first-order valence-corrected chi connectivity index (χ1v) is 6.40. The van der Waals surface area contributed by atoms with E-state index in [2.05, 4.69) is 19.2 Å². The summed E-state index contributed by atoms with van der Waals surface area (Å²) in [6.45, 7) is 10.1. The first-order valence-electron chi connectivity index (χ1n) is 6.40. The van der Waals surface area contributed by atoms with Gasteiger partial charge in [-0.15, -0.1) is 0 Å². The zero-order valence-electron chi connectivity index (χ0n) is 11.5. The molecule has 1 heterocycles. The molecule has 2 atom stereocenters. The van der Waals surface area contributed by atoms with Gasteiger partial charge in [0.2, 0.25) is 11.8 Å². The molecule has 2 unspecified atom stereocenters. The minimum absolute atomic E-state index is 0.0212. The van der Waals surface area contributed by atoms with Gasteiger partial charge in [0, 0.05) is 6.04 Å². The number of piperazine rings is 1. The molecule has 0 aromatic heterocycles. The van der Waals surface area contributed by atoms with Gasteiger partial charge in [-0.1, -0.05) is 20.3 Å². The summed E-state index contributed by atoms with van der Waals surface area (Å²) in [5.74, 6) is 0.532. The maximum Gasteiger partial charge on any atom is 0.248 e. The normalized spacial score (nSPS) is 23.2. The minimum Gasteiger partial charge on any atom is -0.341 e. The van der Waals surface area contributed by atoms with Crippen molar-refractivity contribution in [1.82, 2.24) is 10.2 Å². The quantitative estimate of drug-likeness (QED) is 0.810. The number of carbonyl (C=O) groups is 2. The molecule has 1 saturated heterocycles. The Morgan fingerprint density at radius 3 is 2.47 bits per heavy atom. The molecule has 1 aliphatic rings. The predicted octanol–water partition coefficient (Wildman–Crippen LogP) is 1.55. The molecule has 1 N–H and O–H groups in total. The zero-order valence-corrected chi connectivity index (χ0v) is 11.5. The summed E-state index contributed by atoms with van der Waals surface area (Å²) in [6.07, 6.45) is 2.05. The first kappa shape index (κ1) is 14.0. The predicted molar refractivity (Wildman–Crippen MR) is 67.5 cm³/mol. The first-order chi connectivity index (χ1) is 7.77. The molecule has 0 radical (unpaired) electrons. The average Bonchev–Trinajstić information content (AvgIpc) is 2.22. The SMILES string of the molecule is CCC(C)CC(C)N1CC(=O)NC(C)(C)C1=O. The van der Waals surface area contributed by atoms with E-state index in [1.54, 1.807) is 18.7 Å².